The van der Waals surface area contributed by atoms with E-state index < -0.39 is 0 Å². The molecule has 1 aliphatic carbocycles. The Balaban J connectivity index is 2.04. The number of rotatable bonds is 6. The predicted molar refractivity (Wildman–Crippen MR) is 74.3 cm³/mol. The van der Waals surface area contributed by atoms with Gasteiger partial charge in [-0.2, -0.15) is 0 Å². The first-order valence-corrected chi connectivity index (χ1v) is 6.80. The van der Waals surface area contributed by atoms with E-state index in [9.17, 15) is 0 Å². The molecule has 1 fully saturated rings. The zero-order valence-electron chi connectivity index (χ0n) is 11.3. The second kappa shape index (κ2) is 5.52. The van der Waals surface area contributed by atoms with Gasteiger partial charge in [-0.1, -0.05) is 20.3 Å². The van der Waals surface area contributed by atoms with Crippen LogP contribution in [0.25, 0.3) is 0 Å². The fourth-order valence-electron chi connectivity index (χ4n) is 2.43. The van der Waals surface area contributed by atoms with Crippen molar-refractivity contribution in [2.45, 2.75) is 46.0 Å². The molecule has 0 saturated heterocycles. The van der Waals surface area contributed by atoms with Crippen LogP contribution in [0.1, 0.15) is 45.4 Å². The van der Waals surface area contributed by atoms with Gasteiger partial charge in [0.05, 0.1) is 0 Å². The van der Waals surface area contributed by atoms with Crippen molar-refractivity contribution in [3.05, 3.63) is 11.9 Å². The van der Waals surface area contributed by atoms with Crippen molar-refractivity contribution in [2.24, 2.45) is 11.3 Å². The number of nitrogens with one attached hydrogen (secondary N) is 2. The maximum absolute atomic E-state index is 5.42. The Labute approximate surface area is 109 Å². The molecule has 1 aromatic rings. The van der Waals surface area contributed by atoms with Gasteiger partial charge in [-0.25, -0.2) is 15.8 Å². The minimum atomic E-state index is 0.480. The summed E-state index contributed by atoms with van der Waals surface area (Å²) in [6.45, 7) is 5.30. The van der Waals surface area contributed by atoms with Gasteiger partial charge in [-0.3, -0.25) is 0 Å². The lowest BCUT2D eigenvalue weighted by atomic mass is 9.67. The molecule has 0 spiro atoms. The molecule has 4 N–H and O–H groups in total. The normalized spacial score (nSPS) is 17.1. The molecule has 1 aliphatic rings. The summed E-state index contributed by atoms with van der Waals surface area (Å²) in [5, 5.41) is 3.44. The van der Waals surface area contributed by atoms with E-state index in [2.05, 4.69) is 27.6 Å². The van der Waals surface area contributed by atoms with E-state index in [0.717, 1.165) is 24.6 Å². The van der Waals surface area contributed by atoms with Crippen molar-refractivity contribution in [2.75, 3.05) is 17.3 Å². The summed E-state index contributed by atoms with van der Waals surface area (Å²) in [4.78, 5) is 8.76. The molecule has 0 bridgehead atoms. The van der Waals surface area contributed by atoms with Gasteiger partial charge in [0.15, 0.2) is 0 Å². The van der Waals surface area contributed by atoms with E-state index in [1.165, 1.54) is 25.7 Å². The van der Waals surface area contributed by atoms with Gasteiger partial charge >= 0.3 is 0 Å². The molecule has 1 aromatic heterocycles. The van der Waals surface area contributed by atoms with Crippen molar-refractivity contribution < 1.29 is 0 Å². The lowest BCUT2D eigenvalue weighted by molar-refractivity contribution is 0.145. The van der Waals surface area contributed by atoms with Gasteiger partial charge in [-0.05, 0) is 24.7 Å². The van der Waals surface area contributed by atoms with E-state index in [1.807, 2.05) is 13.0 Å². The maximum atomic E-state index is 5.42. The smallest absolute Gasteiger partial charge is 0.145 e. The molecule has 0 aliphatic heterocycles. The number of nitrogen functional groups attached to an aromatic ring is 1. The minimum Gasteiger partial charge on any atom is -0.369 e. The number of aryl methyl sites for hydroxylation is 1. The Hall–Kier alpha value is -1.36. The highest BCUT2D eigenvalue weighted by molar-refractivity contribution is 5.47. The van der Waals surface area contributed by atoms with Crippen LogP contribution in [0, 0.1) is 5.41 Å². The molecule has 0 unspecified atom stereocenters. The van der Waals surface area contributed by atoms with Crippen molar-refractivity contribution in [3.8, 4) is 0 Å². The molecule has 2 rings (SSSR count). The molecule has 0 aromatic carbocycles. The van der Waals surface area contributed by atoms with Gasteiger partial charge in [0.2, 0.25) is 0 Å². The average molecular weight is 249 g/mol. The molecule has 5 heteroatoms. The number of hydrazine groups is 1. The van der Waals surface area contributed by atoms with Gasteiger partial charge < -0.3 is 10.7 Å². The van der Waals surface area contributed by atoms with Crippen LogP contribution in [-0.4, -0.2) is 16.5 Å². The Morgan fingerprint density at radius 2 is 2.00 bits per heavy atom. The Bertz CT molecular complexity index is 373. The lowest BCUT2D eigenvalue weighted by Gasteiger charge is -2.41. The number of hydrogen-bond acceptors (Lipinski definition) is 5. The highest BCUT2D eigenvalue weighted by Crippen LogP contribution is 2.43. The largest absolute Gasteiger partial charge is 0.369 e. The van der Waals surface area contributed by atoms with Crippen LogP contribution >= 0.6 is 0 Å². The molecule has 0 amide bonds. The summed E-state index contributed by atoms with van der Waals surface area (Å²) in [6, 6.07) is 1.86. The Kier molecular flexibility index (Phi) is 4.01. The molecule has 0 radical (unpaired) electrons. The first kappa shape index (κ1) is 13.1. The molecule has 18 heavy (non-hydrogen) atoms. The molecular formula is C13H23N5. The standard InChI is InChI=1S/C13H23N5/c1-3-10-16-11(8-12(17-10)18-14)15-9-13(4-2)6-5-7-13/h8H,3-7,9,14H2,1-2H3,(H2,15,16,17,18). The third kappa shape index (κ3) is 2.72. The van der Waals surface area contributed by atoms with Gasteiger partial charge in [-0.15, -0.1) is 0 Å². The van der Waals surface area contributed by atoms with Crippen LogP contribution < -0.4 is 16.6 Å². The fraction of sp³-hybridized carbons (Fsp3) is 0.692. The summed E-state index contributed by atoms with van der Waals surface area (Å²) in [7, 11) is 0. The number of hydrogen-bond donors (Lipinski definition) is 3. The lowest BCUT2D eigenvalue weighted by Crippen LogP contribution is -2.36. The maximum Gasteiger partial charge on any atom is 0.145 e. The molecule has 0 atom stereocenters. The summed E-state index contributed by atoms with van der Waals surface area (Å²) < 4.78 is 0. The SMILES string of the molecule is CCc1nc(NN)cc(NCC2(CC)CCC2)n1. The molecule has 1 heterocycles. The number of aromatic nitrogens is 2. The summed E-state index contributed by atoms with van der Waals surface area (Å²) >= 11 is 0. The van der Waals surface area contributed by atoms with Crippen LogP contribution in [0.15, 0.2) is 6.07 Å². The van der Waals surface area contributed by atoms with Crippen molar-refractivity contribution in [1.82, 2.24) is 9.97 Å². The van der Waals surface area contributed by atoms with Crippen molar-refractivity contribution >= 4 is 11.6 Å². The van der Waals surface area contributed by atoms with Crippen molar-refractivity contribution in [1.29, 1.82) is 0 Å². The van der Waals surface area contributed by atoms with Crippen LogP contribution in [0.5, 0.6) is 0 Å². The third-order valence-electron chi connectivity index (χ3n) is 4.05. The summed E-state index contributed by atoms with van der Waals surface area (Å²) in [6.07, 6.45) is 6.04. The van der Waals surface area contributed by atoms with Gasteiger partial charge in [0, 0.05) is 19.0 Å². The van der Waals surface area contributed by atoms with Crippen molar-refractivity contribution in [3.63, 3.8) is 0 Å². The highest BCUT2D eigenvalue weighted by atomic mass is 15.3. The average Bonchev–Trinajstić information content (AvgIpc) is 2.37. The van der Waals surface area contributed by atoms with Crippen LogP contribution in [-0.2, 0) is 6.42 Å². The Morgan fingerprint density at radius 3 is 2.50 bits per heavy atom. The minimum absolute atomic E-state index is 0.480. The second-order valence-corrected chi connectivity index (χ2v) is 5.11. The van der Waals surface area contributed by atoms with Crippen LogP contribution in [0.2, 0.25) is 0 Å². The number of nitrogens with two attached hydrogens (primary N) is 1. The second-order valence-electron chi connectivity index (χ2n) is 5.11. The van der Waals surface area contributed by atoms with Gasteiger partial charge in [0.1, 0.15) is 17.5 Å². The predicted octanol–water partition coefficient (Wildman–Crippen LogP) is 2.32. The highest BCUT2D eigenvalue weighted by Gasteiger charge is 2.34. The topological polar surface area (TPSA) is 75.9 Å². The van der Waals surface area contributed by atoms with E-state index in [4.69, 9.17) is 5.84 Å². The van der Waals surface area contributed by atoms with E-state index in [0.29, 0.717) is 11.2 Å². The van der Waals surface area contributed by atoms with Crippen LogP contribution in [0.3, 0.4) is 0 Å². The molecule has 100 valence electrons. The molecular weight excluding hydrogens is 226 g/mol. The summed E-state index contributed by atoms with van der Waals surface area (Å²) in [5.74, 6) is 7.77. The van der Waals surface area contributed by atoms with E-state index in [1.54, 1.807) is 0 Å². The molecule has 5 nitrogen and oxygen atoms in total. The van der Waals surface area contributed by atoms with Crippen LogP contribution in [0.4, 0.5) is 11.6 Å². The fourth-order valence-corrected chi connectivity index (χ4v) is 2.43. The first-order chi connectivity index (χ1) is 8.71. The zero-order chi connectivity index (χ0) is 13.0. The number of anilines is 2. The van der Waals surface area contributed by atoms with E-state index >= 15 is 0 Å². The monoisotopic (exact) mass is 249 g/mol. The number of nitrogens with zero attached hydrogens (tertiary/aromatic N) is 2. The third-order valence-corrected chi connectivity index (χ3v) is 4.05. The van der Waals surface area contributed by atoms with Gasteiger partial charge in [0.25, 0.3) is 0 Å². The zero-order valence-corrected chi connectivity index (χ0v) is 11.3. The Morgan fingerprint density at radius 1 is 1.28 bits per heavy atom. The quantitative estimate of drug-likeness (QED) is 0.533. The van der Waals surface area contributed by atoms with E-state index in [-0.39, 0.29) is 0 Å². The summed E-state index contributed by atoms with van der Waals surface area (Å²) in [5.41, 5.74) is 3.07. The first-order valence-electron chi connectivity index (χ1n) is 6.80. The molecule has 1 saturated carbocycles.